The zero-order valence-corrected chi connectivity index (χ0v) is 25.8. The molecule has 32 heavy (non-hydrogen) atoms. The number of methoxy groups -OCH3 is 1. The van der Waals surface area contributed by atoms with Crippen LogP contribution in [0.4, 0.5) is 0 Å². The van der Waals surface area contributed by atoms with Gasteiger partial charge in [-0.05, 0) is 30.6 Å². The summed E-state index contributed by atoms with van der Waals surface area (Å²) in [6, 6.07) is 2.64. The van der Waals surface area contributed by atoms with Gasteiger partial charge in [0.05, 0.1) is 28.7 Å². The summed E-state index contributed by atoms with van der Waals surface area (Å²) in [7, 11) is -1.46. The van der Waals surface area contributed by atoms with E-state index in [1.165, 1.54) is 24.9 Å². The summed E-state index contributed by atoms with van der Waals surface area (Å²) in [4.78, 5) is 13.6. The van der Waals surface area contributed by atoms with Gasteiger partial charge in [0.1, 0.15) is 0 Å². The molecule has 2 nitrogen and oxygen atoms in total. The van der Waals surface area contributed by atoms with E-state index in [1.54, 1.807) is 7.11 Å². The van der Waals surface area contributed by atoms with Crippen LogP contribution in [0.1, 0.15) is 95.9 Å². The first kappa shape index (κ1) is 28.1. The van der Waals surface area contributed by atoms with E-state index in [9.17, 15) is 4.79 Å². The molecule has 2 rings (SSSR count). The molecule has 2 aliphatic carbocycles. The van der Waals surface area contributed by atoms with Crippen LogP contribution >= 0.6 is 0 Å². The molecule has 0 heterocycles. The van der Waals surface area contributed by atoms with E-state index in [2.05, 4.69) is 83.1 Å². The molecule has 0 aliphatic heterocycles. The molecule has 0 spiro atoms. The number of hydrogen-bond acceptors (Lipinski definition) is 2. The van der Waals surface area contributed by atoms with E-state index in [0.29, 0.717) is 17.8 Å². The molecule has 0 radical (unpaired) electrons. The molecule has 4 atom stereocenters. The third-order valence-corrected chi connectivity index (χ3v) is 26.7. The van der Waals surface area contributed by atoms with Crippen LogP contribution in [-0.2, 0) is 9.53 Å². The van der Waals surface area contributed by atoms with Crippen molar-refractivity contribution in [3.63, 3.8) is 0 Å². The Kier molecular flexibility index (Phi) is 8.68. The molecule has 0 aromatic rings. The molecule has 0 amide bonds. The van der Waals surface area contributed by atoms with Gasteiger partial charge in [0, 0.05) is 0 Å². The minimum atomic E-state index is -1.55. The average Bonchev–Trinajstić information content (AvgIpc) is 2.65. The van der Waals surface area contributed by atoms with E-state index in [0.717, 1.165) is 33.2 Å². The maximum atomic E-state index is 13.6. The summed E-state index contributed by atoms with van der Waals surface area (Å²) in [6.45, 7) is 29.7. The lowest BCUT2D eigenvalue weighted by Gasteiger charge is -2.69. The molecule has 0 bridgehead atoms. The lowest BCUT2D eigenvalue weighted by Crippen LogP contribution is -2.70. The van der Waals surface area contributed by atoms with Gasteiger partial charge < -0.3 is 4.74 Å². The predicted octanol–water partition coefficient (Wildman–Crippen LogP) is 9.16. The zero-order chi connectivity index (χ0) is 24.8. The fourth-order valence-corrected chi connectivity index (χ4v) is 23.2. The van der Waals surface area contributed by atoms with Gasteiger partial charge in [0.15, 0.2) is 0 Å². The number of hydrogen-bond donors (Lipinski definition) is 0. The van der Waals surface area contributed by atoms with E-state index in [4.69, 9.17) is 4.74 Å². The Morgan fingerprint density at radius 2 is 0.969 bits per heavy atom. The highest BCUT2D eigenvalue weighted by molar-refractivity contribution is 6.84. The van der Waals surface area contributed by atoms with Gasteiger partial charge in [0.2, 0.25) is 0 Å². The second kappa shape index (κ2) is 9.87. The van der Waals surface area contributed by atoms with Crippen molar-refractivity contribution in [3.05, 3.63) is 0 Å². The summed E-state index contributed by atoms with van der Waals surface area (Å²) in [5.74, 6) is 1.83. The highest BCUT2D eigenvalue weighted by Crippen LogP contribution is 2.73. The maximum Gasteiger partial charge on any atom is 0.312 e. The average molecular weight is 481 g/mol. The van der Waals surface area contributed by atoms with Crippen molar-refractivity contribution in [3.8, 4) is 0 Å². The summed E-state index contributed by atoms with van der Waals surface area (Å²) in [6.07, 6.45) is 2.54. The Bertz CT molecular complexity index is 562. The molecule has 0 N–H and O–H groups in total. The van der Waals surface area contributed by atoms with Crippen LogP contribution in [0.15, 0.2) is 0 Å². The lowest BCUT2D eigenvalue weighted by molar-refractivity contribution is -0.217. The van der Waals surface area contributed by atoms with Gasteiger partial charge >= 0.3 is 5.97 Å². The van der Waals surface area contributed by atoms with Gasteiger partial charge in [-0.3, -0.25) is 4.79 Å². The Labute approximate surface area is 203 Å². The Morgan fingerprint density at radius 1 is 0.688 bits per heavy atom. The minimum absolute atomic E-state index is 0.147. The number of fused-ring (bicyclic) bond motifs is 1. The first-order valence-corrected chi connectivity index (χ1v) is 18.6. The third kappa shape index (κ3) is 3.91. The zero-order valence-electron chi connectivity index (χ0n) is 23.8. The predicted molar refractivity (Wildman–Crippen MR) is 146 cm³/mol. The van der Waals surface area contributed by atoms with Crippen LogP contribution in [0.2, 0.25) is 45.3 Å². The molecule has 0 saturated heterocycles. The van der Waals surface area contributed by atoms with Crippen molar-refractivity contribution in [2.75, 3.05) is 7.11 Å². The van der Waals surface area contributed by atoms with Crippen LogP contribution in [0, 0.1) is 23.2 Å². The third-order valence-electron chi connectivity index (χ3n) is 11.4. The quantitative estimate of drug-likeness (QED) is 0.217. The fourth-order valence-electron chi connectivity index (χ4n) is 9.69. The number of ether oxygens (including phenoxy) is 1. The van der Waals surface area contributed by atoms with E-state index >= 15 is 0 Å². The highest BCUT2D eigenvalue weighted by Gasteiger charge is 2.73. The minimum Gasteiger partial charge on any atom is -0.469 e. The first-order chi connectivity index (χ1) is 14.7. The molecule has 0 aromatic heterocycles. The van der Waals surface area contributed by atoms with Crippen LogP contribution in [0.25, 0.3) is 0 Å². The maximum absolute atomic E-state index is 13.6. The summed E-state index contributed by atoms with van der Waals surface area (Å²) in [5.41, 5.74) is 4.36. The molecule has 2 saturated carbocycles. The molecule has 188 valence electrons. The monoisotopic (exact) mass is 480 g/mol. The van der Waals surface area contributed by atoms with Crippen LogP contribution in [0.3, 0.4) is 0 Å². The van der Waals surface area contributed by atoms with Crippen molar-refractivity contribution in [1.29, 1.82) is 0 Å². The number of carbonyl (C=O) groups is 1. The molecule has 0 aromatic carbocycles. The first-order valence-electron chi connectivity index (χ1n) is 13.7. The summed E-state index contributed by atoms with van der Waals surface area (Å²) < 4.78 is 5.62. The molecule has 2 fully saturated rings. The van der Waals surface area contributed by atoms with Gasteiger partial charge in [-0.1, -0.05) is 128 Å². The van der Waals surface area contributed by atoms with Gasteiger partial charge in [-0.2, -0.15) is 0 Å². The number of carbonyl (C=O) groups excluding carboxylic acids is 1. The summed E-state index contributed by atoms with van der Waals surface area (Å²) >= 11 is 0. The number of rotatable bonds is 11. The topological polar surface area (TPSA) is 26.3 Å². The van der Waals surface area contributed by atoms with E-state index in [-0.39, 0.29) is 11.4 Å². The lowest BCUT2D eigenvalue weighted by atomic mass is 9.38. The van der Waals surface area contributed by atoms with Crippen molar-refractivity contribution < 1.29 is 9.53 Å². The SMILES string of the molecule is COC(=O)C12C(C[C@@H]1C[Si](C(C)C)(C(C)C)C(C)C)C[C@H]2C[Si](C(C)C)(C(C)C)C(C)C. The van der Waals surface area contributed by atoms with Crippen LogP contribution < -0.4 is 0 Å². The second-order valence-corrected chi connectivity index (χ2v) is 25.7. The standard InChI is InChI=1S/C28H56O2Si2/c1-18(2)31(19(3)4,20(5)6)16-25-14-24-15-26(28(24,25)27(29)30-13)17-32(21(7)8,22(9)10)23(11)12/h18-26H,14-17H2,1-13H3/t24?,25-,26+,28?. The second-order valence-electron chi connectivity index (χ2n) is 13.5. The Balaban J connectivity index is 2.47. The van der Waals surface area contributed by atoms with Crippen molar-refractivity contribution in [2.24, 2.45) is 23.2 Å². The van der Waals surface area contributed by atoms with Crippen molar-refractivity contribution in [2.45, 2.75) is 141 Å². The smallest absolute Gasteiger partial charge is 0.312 e. The fraction of sp³-hybridized carbons (Fsp3) is 0.964. The molecule has 2 aliphatic rings. The highest BCUT2D eigenvalue weighted by atomic mass is 28.3. The van der Waals surface area contributed by atoms with E-state index < -0.39 is 16.1 Å². The Hall–Kier alpha value is -0.0962. The molecular formula is C28H56O2Si2. The largest absolute Gasteiger partial charge is 0.469 e. The van der Waals surface area contributed by atoms with Crippen molar-refractivity contribution >= 4 is 22.1 Å². The van der Waals surface area contributed by atoms with Gasteiger partial charge in [0.25, 0.3) is 0 Å². The van der Waals surface area contributed by atoms with E-state index in [1.807, 2.05) is 0 Å². The normalized spacial score (nSPS) is 28.5. The van der Waals surface area contributed by atoms with Crippen molar-refractivity contribution in [1.82, 2.24) is 0 Å². The Morgan fingerprint density at radius 3 is 1.16 bits per heavy atom. The van der Waals surface area contributed by atoms with Crippen LogP contribution in [0.5, 0.6) is 0 Å². The van der Waals surface area contributed by atoms with Crippen LogP contribution in [-0.4, -0.2) is 29.2 Å². The summed E-state index contributed by atoms with van der Waals surface area (Å²) in [5, 5.41) is 0. The van der Waals surface area contributed by atoms with Gasteiger partial charge in [-0.25, -0.2) is 0 Å². The molecule has 2 unspecified atom stereocenters. The number of esters is 1. The van der Waals surface area contributed by atoms with Gasteiger partial charge in [-0.15, -0.1) is 0 Å². The molecule has 4 heteroatoms. The molecular weight excluding hydrogens is 424 g/mol.